The Morgan fingerprint density at radius 3 is 2.81 bits per heavy atom. The Balaban J connectivity index is 2.65. The highest BCUT2D eigenvalue weighted by atomic mass is 79.9. The van der Waals surface area contributed by atoms with E-state index >= 15 is 0 Å². The maximum absolute atomic E-state index is 11.2. The first-order valence-corrected chi connectivity index (χ1v) is 5.61. The van der Waals surface area contributed by atoms with Gasteiger partial charge in [0.15, 0.2) is 0 Å². The molecule has 1 rings (SSSR count). The number of carbonyl (C=O) groups excluding carboxylic acids is 1. The van der Waals surface area contributed by atoms with E-state index in [1.165, 1.54) is 7.11 Å². The number of methoxy groups -OCH3 is 1. The van der Waals surface area contributed by atoms with Crippen molar-refractivity contribution >= 4 is 21.8 Å². The fraction of sp³-hybridized carbons (Fsp3) is 0.364. The number of hydrogen-bond acceptors (Lipinski definition) is 3. The van der Waals surface area contributed by atoms with E-state index in [1.54, 1.807) is 7.11 Å². The van der Waals surface area contributed by atoms with Crippen LogP contribution in [0.1, 0.15) is 12.0 Å². The summed E-state index contributed by atoms with van der Waals surface area (Å²) in [5.74, 6) is 0.637. The molecular weight excluding hydrogens is 274 g/mol. The molecular formula is C11H14BrNO3. The molecule has 0 radical (unpaired) electrons. The third-order valence-corrected chi connectivity index (χ3v) is 2.57. The molecule has 5 heteroatoms. The maximum Gasteiger partial charge on any atom is 0.243 e. The minimum atomic E-state index is -0.149. The quantitative estimate of drug-likeness (QED) is 0.844. The zero-order chi connectivity index (χ0) is 12.0. The van der Waals surface area contributed by atoms with E-state index < -0.39 is 0 Å². The Morgan fingerprint density at radius 1 is 1.44 bits per heavy atom. The monoisotopic (exact) mass is 287 g/mol. The lowest BCUT2D eigenvalue weighted by molar-refractivity contribution is -0.131. The number of carbonyl (C=O) groups is 1. The lowest BCUT2D eigenvalue weighted by Crippen LogP contribution is -2.21. The molecule has 16 heavy (non-hydrogen) atoms. The SMILES string of the molecule is CONC(=O)CCc1cc(Br)ccc1OC. The van der Waals surface area contributed by atoms with Crippen LogP contribution in [-0.4, -0.2) is 20.1 Å². The minimum Gasteiger partial charge on any atom is -0.496 e. The predicted octanol–water partition coefficient (Wildman–Crippen LogP) is 2.07. The molecule has 88 valence electrons. The number of nitrogens with one attached hydrogen (secondary N) is 1. The lowest BCUT2D eigenvalue weighted by atomic mass is 10.1. The maximum atomic E-state index is 11.2. The summed E-state index contributed by atoms with van der Waals surface area (Å²) in [7, 11) is 3.03. The van der Waals surface area contributed by atoms with Gasteiger partial charge in [0.1, 0.15) is 5.75 Å². The van der Waals surface area contributed by atoms with E-state index in [9.17, 15) is 4.79 Å². The summed E-state index contributed by atoms with van der Waals surface area (Å²) in [6.07, 6.45) is 0.971. The van der Waals surface area contributed by atoms with Crippen LogP contribution in [0, 0.1) is 0 Å². The summed E-state index contributed by atoms with van der Waals surface area (Å²) in [6, 6.07) is 5.71. The number of amides is 1. The molecule has 0 unspecified atom stereocenters. The highest BCUT2D eigenvalue weighted by Gasteiger charge is 2.06. The molecule has 0 aromatic heterocycles. The molecule has 0 bridgehead atoms. The predicted molar refractivity (Wildman–Crippen MR) is 64.2 cm³/mol. The van der Waals surface area contributed by atoms with Crippen LogP contribution in [0.4, 0.5) is 0 Å². The molecule has 1 N–H and O–H groups in total. The molecule has 0 saturated carbocycles. The van der Waals surface area contributed by atoms with Gasteiger partial charge in [-0.05, 0) is 30.2 Å². The Labute approximate surface area is 103 Å². The Kier molecular flexibility index (Phi) is 5.28. The van der Waals surface area contributed by atoms with Gasteiger partial charge >= 0.3 is 0 Å². The number of hydrogen-bond donors (Lipinski definition) is 1. The molecule has 1 aromatic rings. The van der Waals surface area contributed by atoms with Gasteiger partial charge in [0, 0.05) is 10.9 Å². The van der Waals surface area contributed by atoms with Crippen LogP contribution in [0.15, 0.2) is 22.7 Å². The summed E-state index contributed by atoms with van der Waals surface area (Å²) in [6.45, 7) is 0. The second-order valence-corrected chi connectivity index (χ2v) is 4.10. The third kappa shape index (κ3) is 3.83. The highest BCUT2D eigenvalue weighted by molar-refractivity contribution is 9.10. The Bertz CT molecular complexity index is 368. The van der Waals surface area contributed by atoms with E-state index in [0.29, 0.717) is 12.8 Å². The van der Waals surface area contributed by atoms with Crippen molar-refractivity contribution < 1.29 is 14.4 Å². The summed E-state index contributed by atoms with van der Waals surface area (Å²) in [4.78, 5) is 15.7. The molecule has 1 aromatic carbocycles. The van der Waals surface area contributed by atoms with Crippen LogP contribution >= 0.6 is 15.9 Å². The lowest BCUT2D eigenvalue weighted by Gasteiger charge is -2.08. The Morgan fingerprint density at radius 2 is 2.19 bits per heavy atom. The average Bonchev–Trinajstić information content (AvgIpc) is 2.27. The first-order chi connectivity index (χ1) is 7.67. The number of ether oxygens (including phenoxy) is 1. The fourth-order valence-electron chi connectivity index (χ4n) is 1.36. The van der Waals surface area contributed by atoms with Crippen molar-refractivity contribution in [3.63, 3.8) is 0 Å². The molecule has 4 nitrogen and oxygen atoms in total. The fourth-order valence-corrected chi connectivity index (χ4v) is 1.76. The number of hydroxylamine groups is 1. The topological polar surface area (TPSA) is 47.6 Å². The molecule has 0 aliphatic carbocycles. The van der Waals surface area contributed by atoms with Crippen molar-refractivity contribution in [3.05, 3.63) is 28.2 Å². The summed E-state index contributed by atoms with van der Waals surface area (Å²) >= 11 is 3.38. The molecule has 0 fully saturated rings. The van der Waals surface area contributed by atoms with Gasteiger partial charge in [-0.1, -0.05) is 15.9 Å². The first kappa shape index (κ1) is 13.0. The van der Waals surface area contributed by atoms with Gasteiger partial charge < -0.3 is 4.74 Å². The van der Waals surface area contributed by atoms with Gasteiger partial charge in [-0.25, -0.2) is 5.48 Å². The van der Waals surface area contributed by atoms with Gasteiger partial charge in [0.2, 0.25) is 5.91 Å². The van der Waals surface area contributed by atoms with Crippen molar-refractivity contribution in [1.82, 2.24) is 5.48 Å². The summed E-state index contributed by atoms with van der Waals surface area (Å²) < 4.78 is 6.18. The van der Waals surface area contributed by atoms with Crippen molar-refractivity contribution in [1.29, 1.82) is 0 Å². The van der Waals surface area contributed by atoms with Crippen LogP contribution < -0.4 is 10.2 Å². The van der Waals surface area contributed by atoms with Gasteiger partial charge in [-0.15, -0.1) is 0 Å². The number of halogens is 1. The number of aryl methyl sites for hydroxylation is 1. The largest absolute Gasteiger partial charge is 0.496 e. The van der Waals surface area contributed by atoms with E-state index in [2.05, 4.69) is 26.2 Å². The van der Waals surface area contributed by atoms with Gasteiger partial charge in [0.05, 0.1) is 14.2 Å². The minimum absolute atomic E-state index is 0.149. The zero-order valence-electron chi connectivity index (χ0n) is 9.25. The smallest absolute Gasteiger partial charge is 0.243 e. The highest BCUT2D eigenvalue weighted by Crippen LogP contribution is 2.23. The van der Waals surface area contributed by atoms with E-state index in [-0.39, 0.29) is 5.91 Å². The van der Waals surface area contributed by atoms with Gasteiger partial charge in [0.25, 0.3) is 0 Å². The zero-order valence-corrected chi connectivity index (χ0v) is 10.8. The van der Waals surface area contributed by atoms with E-state index in [4.69, 9.17) is 4.74 Å². The van der Waals surface area contributed by atoms with Crippen LogP contribution in [-0.2, 0) is 16.1 Å². The van der Waals surface area contributed by atoms with Crippen LogP contribution in [0.2, 0.25) is 0 Å². The number of benzene rings is 1. The van der Waals surface area contributed by atoms with E-state index in [1.807, 2.05) is 18.2 Å². The summed E-state index contributed by atoms with van der Waals surface area (Å²) in [5.41, 5.74) is 3.27. The van der Waals surface area contributed by atoms with Crippen LogP contribution in [0.25, 0.3) is 0 Å². The van der Waals surface area contributed by atoms with Gasteiger partial charge in [-0.2, -0.15) is 0 Å². The molecule has 0 heterocycles. The average molecular weight is 288 g/mol. The van der Waals surface area contributed by atoms with E-state index in [0.717, 1.165) is 15.8 Å². The van der Waals surface area contributed by atoms with Crippen molar-refractivity contribution in [2.45, 2.75) is 12.8 Å². The normalized spacial score (nSPS) is 9.94. The first-order valence-electron chi connectivity index (χ1n) is 4.81. The molecule has 0 aliphatic rings. The molecule has 0 saturated heterocycles. The van der Waals surface area contributed by atoms with Crippen LogP contribution in [0.3, 0.4) is 0 Å². The summed E-state index contributed by atoms with van der Waals surface area (Å²) in [5, 5.41) is 0. The second-order valence-electron chi connectivity index (χ2n) is 3.19. The molecule has 0 aliphatic heterocycles. The number of rotatable bonds is 5. The standard InChI is InChI=1S/C11H14BrNO3/c1-15-10-5-4-9(12)7-8(10)3-6-11(14)13-16-2/h4-5,7H,3,6H2,1-2H3,(H,13,14). The molecule has 1 amide bonds. The van der Waals surface area contributed by atoms with Crippen LogP contribution in [0.5, 0.6) is 5.75 Å². The van der Waals surface area contributed by atoms with Crippen molar-refractivity contribution in [3.8, 4) is 5.75 Å². The Hall–Kier alpha value is -1.07. The van der Waals surface area contributed by atoms with Crippen molar-refractivity contribution in [2.75, 3.05) is 14.2 Å². The second kappa shape index (κ2) is 6.50. The van der Waals surface area contributed by atoms with Gasteiger partial charge in [-0.3, -0.25) is 9.63 Å². The van der Waals surface area contributed by atoms with Crippen molar-refractivity contribution in [2.24, 2.45) is 0 Å². The molecule has 0 spiro atoms. The molecule has 0 atom stereocenters. The third-order valence-electron chi connectivity index (χ3n) is 2.08.